The van der Waals surface area contributed by atoms with E-state index in [0.717, 1.165) is 17.8 Å². The SMILES string of the molecule is CC(C)c1cc(NS(=O)(=O)c2cc(N)cc(F)c2)n[nH]1. The highest BCUT2D eigenvalue weighted by Gasteiger charge is 2.17. The fraction of sp³-hybridized carbons (Fsp3) is 0.250. The molecule has 20 heavy (non-hydrogen) atoms. The Morgan fingerprint density at radius 1 is 1.30 bits per heavy atom. The zero-order valence-corrected chi connectivity index (χ0v) is 11.8. The lowest BCUT2D eigenvalue weighted by Crippen LogP contribution is -2.13. The lowest BCUT2D eigenvalue weighted by molar-refractivity contribution is 0.595. The second kappa shape index (κ2) is 5.12. The van der Waals surface area contributed by atoms with Crippen LogP contribution in [0.3, 0.4) is 0 Å². The summed E-state index contributed by atoms with van der Waals surface area (Å²) in [6, 6.07) is 4.71. The molecule has 1 heterocycles. The van der Waals surface area contributed by atoms with E-state index in [-0.39, 0.29) is 22.3 Å². The number of aromatic amines is 1. The molecule has 0 radical (unpaired) electrons. The number of nitrogen functional groups attached to an aromatic ring is 1. The van der Waals surface area contributed by atoms with Crippen LogP contribution in [0.2, 0.25) is 0 Å². The summed E-state index contributed by atoms with van der Waals surface area (Å²) in [6.07, 6.45) is 0. The monoisotopic (exact) mass is 298 g/mol. The van der Waals surface area contributed by atoms with Gasteiger partial charge in [0.2, 0.25) is 0 Å². The quantitative estimate of drug-likeness (QED) is 0.752. The molecular formula is C12H15FN4O2S. The summed E-state index contributed by atoms with van der Waals surface area (Å²) in [5, 5.41) is 6.58. The standard InChI is InChI=1S/C12H15FN4O2S/c1-7(2)11-6-12(16-15-11)17-20(18,19)10-4-8(13)3-9(14)5-10/h3-7H,14H2,1-2H3,(H2,15,16,17). The number of rotatable bonds is 4. The molecule has 8 heteroatoms. The summed E-state index contributed by atoms with van der Waals surface area (Å²) in [4.78, 5) is -0.246. The number of sulfonamides is 1. The van der Waals surface area contributed by atoms with Gasteiger partial charge in [-0.05, 0) is 24.1 Å². The van der Waals surface area contributed by atoms with E-state index in [0.29, 0.717) is 0 Å². The Balaban J connectivity index is 2.30. The molecule has 0 aliphatic heterocycles. The van der Waals surface area contributed by atoms with Gasteiger partial charge in [0.25, 0.3) is 10.0 Å². The maximum Gasteiger partial charge on any atom is 0.263 e. The Labute approximate surface area is 116 Å². The molecule has 0 amide bonds. The highest BCUT2D eigenvalue weighted by molar-refractivity contribution is 7.92. The molecule has 1 aromatic carbocycles. The van der Waals surface area contributed by atoms with Crippen molar-refractivity contribution in [3.63, 3.8) is 0 Å². The molecule has 6 nitrogen and oxygen atoms in total. The third-order valence-electron chi connectivity index (χ3n) is 2.66. The van der Waals surface area contributed by atoms with Gasteiger partial charge in [-0.2, -0.15) is 5.10 Å². The minimum absolute atomic E-state index is 0.0373. The third-order valence-corrected chi connectivity index (χ3v) is 4.00. The second-order valence-electron chi connectivity index (χ2n) is 4.69. The van der Waals surface area contributed by atoms with Crippen molar-refractivity contribution in [2.24, 2.45) is 0 Å². The first kappa shape index (κ1) is 14.3. The smallest absolute Gasteiger partial charge is 0.263 e. The van der Waals surface area contributed by atoms with Crippen molar-refractivity contribution in [3.05, 3.63) is 35.8 Å². The Bertz CT molecular complexity index is 705. The van der Waals surface area contributed by atoms with E-state index in [1.165, 1.54) is 6.07 Å². The Kier molecular flexibility index (Phi) is 3.67. The van der Waals surface area contributed by atoms with E-state index in [2.05, 4.69) is 14.9 Å². The molecule has 1 aromatic heterocycles. The Morgan fingerprint density at radius 3 is 2.55 bits per heavy atom. The average molecular weight is 298 g/mol. The molecule has 0 saturated carbocycles. The van der Waals surface area contributed by atoms with Gasteiger partial charge in [0.15, 0.2) is 5.82 Å². The number of H-pyrrole nitrogens is 1. The molecule has 0 saturated heterocycles. The lowest BCUT2D eigenvalue weighted by Gasteiger charge is -2.06. The average Bonchev–Trinajstić information content (AvgIpc) is 2.75. The van der Waals surface area contributed by atoms with Crippen molar-refractivity contribution in [2.45, 2.75) is 24.7 Å². The largest absolute Gasteiger partial charge is 0.399 e. The highest BCUT2D eigenvalue weighted by Crippen LogP contribution is 2.20. The predicted octanol–water partition coefficient (Wildman–Crippen LogP) is 2.06. The van der Waals surface area contributed by atoms with Crippen LogP contribution in [-0.2, 0) is 10.0 Å². The van der Waals surface area contributed by atoms with Crippen molar-refractivity contribution in [1.29, 1.82) is 0 Å². The van der Waals surface area contributed by atoms with Gasteiger partial charge in [0.05, 0.1) is 4.90 Å². The Morgan fingerprint density at radius 2 is 2.00 bits per heavy atom. The molecular weight excluding hydrogens is 283 g/mol. The van der Waals surface area contributed by atoms with Gasteiger partial charge < -0.3 is 5.73 Å². The number of hydrogen-bond donors (Lipinski definition) is 3. The molecule has 2 rings (SSSR count). The van der Waals surface area contributed by atoms with Crippen LogP contribution in [0.5, 0.6) is 0 Å². The predicted molar refractivity (Wildman–Crippen MR) is 74.3 cm³/mol. The summed E-state index contributed by atoms with van der Waals surface area (Å²) in [7, 11) is -3.92. The molecule has 0 aliphatic carbocycles. The van der Waals surface area contributed by atoms with Crippen LogP contribution < -0.4 is 10.5 Å². The van der Waals surface area contributed by atoms with Crippen molar-refractivity contribution >= 4 is 21.5 Å². The summed E-state index contributed by atoms with van der Waals surface area (Å²) < 4.78 is 39.7. The number of aromatic nitrogens is 2. The topological polar surface area (TPSA) is 101 Å². The Hall–Kier alpha value is -2.09. The molecule has 0 fully saturated rings. The summed E-state index contributed by atoms with van der Waals surface area (Å²) in [6.45, 7) is 3.89. The number of nitrogens with zero attached hydrogens (tertiary/aromatic N) is 1. The molecule has 2 aromatic rings. The number of nitrogens with one attached hydrogen (secondary N) is 2. The molecule has 0 spiro atoms. The fourth-order valence-electron chi connectivity index (χ4n) is 1.62. The van der Waals surface area contributed by atoms with Crippen molar-refractivity contribution < 1.29 is 12.8 Å². The van der Waals surface area contributed by atoms with E-state index in [4.69, 9.17) is 5.73 Å². The summed E-state index contributed by atoms with van der Waals surface area (Å²) in [5.74, 6) is -0.377. The maximum atomic E-state index is 13.2. The first-order valence-corrected chi connectivity index (χ1v) is 7.40. The van der Waals surface area contributed by atoms with Gasteiger partial charge in [-0.25, -0.2) is 12.8 Å². The van der Waals surface area contributed by atoms with Crippen LogP contribution in [0.15, 0.2) is 29.2 Å². The molecule has 0 unspecified atom stereocenters. The van der Waals surface area contributed by atoms with E-state index >= 15 is 0 Å². The molecule has 108 valence electrons. The van der Waals surface area contributed by atoms with Crippen LogP contribution in [0.25, 0.3) is 0 Å². The van der Waals surface area contributed by atoms with Crippen LogP contribution in [0.1, 0.15) is 25.5 Å². The maximum absolute atomic E-state index is 13.2. The van der Waals surface area contributed by atoms with Crippen LogP contribution >= 0.6 is 0 Å². The summed E-state index contributed by atoms with van der Waals surface area (Å²) in [5.41, 5.74) is 6.27. The minimum atomic E-state index is -3.92. The van der Waals surface area contributed by atoms with E-state index in [1.807, 2.05) is 13.8 Å². The molecule has 0 aliphatic rings. The number of halogens is 1. The normalized spacial score (nSPS) is 11.8. The van der Waals surface area contributed by atoms with Crippen molar-refractivity contribution in [1.82, 2.24) is 10.2 Å². The first-order valence-electron chi connectivity index (χ1n) is 5.92. The second-order valence-corrected chi connectivity index (χ2v) is 6.37. The van der Waals surface area contributed by atoms with Gasteiger partial charge in [-0.3, -0.25) is 9.82 Å². The van der Waals surface area contributed by atoms with Crippen LogP contribution in [0.4, 0.5) is 15.9 Å². The lowest BCUT2D eigenvalue weighted by atomic mass is 10.1. The van der Waals surface area contributed by atoms with Gasteiger partial charge in [0, 0.05) is 17.4 Å². The van der Waals surface area contributed by atoms with E-state index < -0.39 is 15.8 Å². The van der Waals surface area contributed by atoms with Crippen molar-refractivity contribution in [3.8, 4) is 0 Å². The molecule has 0 bridgehead atoms. The van der Waals surface area contributed by atoms with E-state index in [1.54, 1.807) is 6.07 Å². The van der Waals surface area contributed by atoms with Gasteiger partial charge in [-0.15, -0.1) is 0 Å². The summed E-state index contributed by atoms with van der Waals surface area (Å²) >= 11 is 0. The van der Waals surface area contributed by atoms with Crippen LogP contribution in [-0.4, -0.2) is 18.6 Å². The molecule has 0 atom stereocenters. The number of nitrogens with two attached hydrogens (primary N) is 1. The number of hydrogen-bond acceptors (Lipinski definition) is 4. The minimum Gasteiger partial charge on any atom is -0.399 e. The number of benzene rings is 1. The van der Waals surface area contributed by atoms with Gasteiger partial charge in [0.1, 0.15) is 5.82 Å². The molecule has 4 N–H and O–H groups in total. The first-order chi connectivity index (χ1) is 9.28. The highest BCUT2D eigenvalue weighted by atomic mass is 32.2. The van der Waals surface area contributed by atoms with Crippen LogP contribution in [0, 0.1) is 5.82 Å². The zero-order valence-electron chi connectivity index (χ0n) is 11.0. The van der Waals surface area contributed by atoms with Gasteiger partial charge in [-0.1, -0.05) is 13.8 Å². The number of anilines is 2. The van der Waals surface area contributed by atoms with Gasteiger partial charge >= 0.3 is 0 Å². The zero-order chi connectivity index (χ0) is 14.9. The van der Waals surface area contributed by atoms with E-state index in [9.17, 15) is 12.8 Å². The third kappa shape index (κ3) is 3.08. The van der Waals surface area contributed by atoms with Crippen molar-refractivity contribution in [2.75, 3.05) is 10.5 Å². The fourth-order valence-corrected chi connectivity index (χ4v) is 2.68.